The van der Waals surface area contributed by atoms with E-state index < -0.39 is 20.9 Å². The molecule has 0 heterocycles. The molecule has 9 nitrogen and oxygen atoms in total. The Morgan fingerprint density at radius 2 is 1.71 bits per heavy atom. The van der Waals surface area contributed by atoms with Crippen LogP contribution in [0, 0.1) is 17.0 Å². The minimum atomic E-state index is -3.56. The van der Waals surface area contributed by atoms with Gasteiger partial charge in [0.15, 0.2) is 0 Å². The Morgan fingerprint density at radius 3 is 2.32 bits per heavy atom. The molecule has 0 aliphatic rings. The molecular formula is C24H24N4O5S. The Labute approximate surface area is 197 Å². The molecule has 0 saturated carbocycles. The highest BCUT2D eigenvalue weighted by atomic mass is 32.2. The second-order valence-electron chi connectivity index (χ2n) is 7.69. The topological polar surface area (TPSA) is 122 Å². The first-order chi connectivity index (χ1) is 16.1. The van der Waals surface area contributed by atoms with Crippen LogP contribution in [0.4, 0.5) is 11.4 Å². The zero-order chi connectivity index (χ0) is 24.9. The molecule has 3 aromatic carbocycles. The van der Waals surface area contributed by atoms with Crippen molar-refractivity contribution in [1.82, 2.24) is 5.43 Å². The van der Waals surface area contributed by atoms with E-state index in [1.165, 1.54) is 34.6 Å². The van der Waals surface area contributed by atoms with Gasteiger partial charge >= 0.3 is 0 Å². The number of aryl methyl sites for hydroxylation is 1. The fourth-order valence-corrected chi connectivity index (χ4v) is 4.11. The van der Waals surface area contributed by atoms with Gasteiger partial charge in [-0.25, -0.2) is 13.8 Å². The van der Waals surface area contributed by atoms with Crippen LogP contribution in [-0.2, 0) is 16.6 Å². The van der Waals surface area contributed by atoms with Gasteiger partial charge in [-0.15, -0.1) is 0 Å². The van der Waals surface area contributed by atoms with Crippen LogP contribution in [-0.4, -0.2) is 31.2 Å². The van der Waals surface area contributed by atoms with Crippen molar-refractivity contribution in [1.29, 1.82) is 0 Å². The molecule has 34 heavy (non-hydrogen) atoms. The number of hydrogen-bond donors (Lipinski definition) is 1. The van der Waals surface area contributed by atoms with Gasteiger partial charge in [-0.1, -0.05) is 36.4 Å². The first-order valence-corrected chi connectivity index (χ1v) is 12.1. The number of nitro groups is 1. The van der Waals surface area contributed by atoms with Gasteiger partial charge in [0.2, 0.25) is 10.0 Å². The van der Waals surface area contributed by atoms with E-state index in [1.54, 1.807) is 25.1 Å². The van der Waals surface area contributed by atoms with Gasteiger partial charge in [-0.05, 0) is 49.2 Å². The predicted molar refractivity (Wildman–Crippen MR) is 131 cm³/mol. The fourth-order valence-electron chi connectivity index (χ4n) is 3.23. The van der Waals surface area contributed by atoms with Crippen LogP contribution in [0.25, 0.3) is 0 Å². The van der Waals surface area contributed by atoms with Gasteiger partial charge in [-0.3, -0.25) is 19.2 Å². The van der Waals surface area contributed by atoms with E-state index >= 15 is 0 Å². The smallest absolute Gasteiger partial charge is 0.267 e. The molecule has 10 heteroatoms. The maximum Gasteiger partial charge on any atom is 0.271 e. The highest BCUT2D eigenvalue weighted by Gasteiger charge is 2.19. The number of non-ortho nitro benzene ring substituents is 1. The molecule has 0 fully saturated rings. The lowest BCUT2D eigenvalue weighted by molar-refractivity contribution is -0.384. The fraction of sp³-hybridized carbons (Fsp3) is 0.167. The van der Waals surface area contributed by atoms with E-state index in [1.807, 2.05) is 31.2 Å². The van der Waals surface area contributed by atoms with Crippen molar-refractivity contribution in [3.05, 3.63) is 105 Å². The maximum absolute atomic E-state index is 12.5. The second-order valence-corrected chi connectivity index (χ2v) is 9.60. The average Bonchev–Trinajstić information content (AvgIpc) is 2.81. The molecule has 0 bridgehead atoms. The third kappa shape index (κ3) is 6.04. The van der Waals surface area contributed by atoms with Gasteiger partial charge in [-0.2, -0.15) is 5.10 Å². The Balaban J connectivity index is 1.76. The van der Waals surface area contributed by atoms with E-state index in [2.05, 4.69) is 10.5 Å². The molecule has 0 saturated heterocycles. The van der Waals surface area contributed by atoms with Crippen LogP contribution in [0.2, 0.25) is 0 Å². The molecule has 0 aromatic heterocycles. The van der Waals surface area contributed by atoms with Crippen LogP contribution >= 0.6 is 0 Å². The van der Waals surface area contributed by atoms with Crippen molar-refractivity contribution in [3.8, 4) is 0 Å². The first-order valence-electron chi connectivity index (χ1n) is 10.3. The van der Waals surface area contributed by atoms with Crippen molar-refractivity contribution in [2.45, 2.75) is 20.4 Å². The number of hydrogen-bond acceptors (Lipinski definition) is 6. The summed E-state index contributed by atoms with van der Waals surface area (Å²) in [5, 5.41) is 15.0. The van der Waals surface area contributed by atoms with Crippen molar-refractivity contribution in [2.24, 2.45) is 5.10 Å². The first kappa shape index (κ1) is 24.6. The minimum absolute atomic E-state index is 0.0740. The number of carbonyl (C=O) groups is 1. The van der Waals surface area contributed by atoms with E-state index in [0.717, 1.165) is 17.4 Å². The van der Waals surface area contributed by atoms with E-state index in [4.69, 9.17) is 0 Å². The Kier molecular flexibility index (Phi) is 7.42. The van der Waals surface area contributed by atoms with Crippen LogP contribution in [0.1, 0.15) is 34.0 Å². The van der Waals surface area contributed by atoms with Crippen molar-refractivity contribution >= 4 is 33.0 Å². The standard InChI is InChI=1S/C24H24N4O5S/c1-17-7-4-5-8-21(17)16-27(34(3,32)33)22-13-11-19(12-14-22)24(29)26-25-18(2)20-9-6-10-23(15-20)28(30)31/h4-15H,16H2,1-3H3,(H,26,29)/b25-18-. The van der Waals surface area contributed by atoms with Crippen LogP contribution in [0.3, 0.4) is 0 Å². The van der Waals surface area contributed by atoms with Crippen molar-refractivity contribution in [3.63, 3.8) is 0 Å². The zero-order valence-electron chi connectivity index (χ0n) is 18.9. The summed E-state index contributed by atoms with van der Waals surface area (Å²) in [5.74, 6) is -0.499. The molecule has 0 spiro atoms. The number of benzene rings is 3. The molecule has 1 N–H and O–H groups in total. The molecule has 0 unspecified atom stereocenters. The lowest BCUT2D eigenvalue weighted by Crippen LogP contribution is -2.29. The molecule has 1 amide bonds. The summed E-state index contributed by atoms with van der Waals surface area (Å²) in [6, 6.07) is 19.6. The molecule has 3 rings (SSSR count). The summed E-state index contributed by atoms with van der Waals surface area (Å²) in [6.45, 7) is 3.71. The van der Waals surface area contributed by atoms with Crippen LogP contribution in [0.5, 0.6) is 0 Å². The summed E-state index contributed by atoms with van der Waals surface area (Å²) in [6.07, 6.45) is 1.14. The van der Waals surface area contributed by atoms with Gasteiger partial charge < -0.3 is 0 Å². The minimum Gasteiger partial charge on any atom is -0.267 e. The Hall–Kier alpha value is -4.05. The highest BCUT2D eigenvalue weighted by molar-refractivity contribution is 7.92. The number of rotatable bonds is 8. The number of hydrazone groups is 1. The summed E-state index contributed by atoms with van der Waals surface area (Å²) >= 11 is 0. The Bertz CT molecular complexity index is 1350. The van der Waals surface area contributed by atoms with Crippen LogP contribution < -0.4 is 9.73 Å². The van der Waals surface area contributed by atoms with E-state index in [0.29, 0.717) is 17.0 Å². The number of sulfonamides is 1. The summed E-state index contributed by atoms with van der Waals surface area (Å²) in [4.78, 5) is 22.9. The molecule has 0 aliphatic heterocycles. The van der Waals surface area contributed by atoms with Gasteiger partial charge in [0.1, 0.15) is 0 Å². The molecule has 176 valence electrons. The summed E-state index contributed by atoms with van der Waals surface area (Å²) in [7, 11) is -3.56. The number of nitro benzene ring substituents is 1. The van der Waals surface area contributed by atoms with Crippen molar-refractivity contribution < 1.29 is 18.1 Å². The molecule has 3 aromatic rings. The normalized spacial score (nSPS) is 11.7. The number of nitrogens with one attached hydrogen (secondary N) is 1. The molecule has 0 atom stereocenters. The van der Waals surface area contributed by atoms with Gasteiger partial charge in [0, 0.05) is 23.3 Å². The monoisotopic (exact) mass is 480 g/mol. The lowest BCUT2D eigenvalue weighted by Gasteiger charge is -2.23. The number of anilines is 1. The summed E-state index contributed by atoms with van der Waals surface area (Å²) in [5.41, 5.74) is 5.81. The molecular weight excluding hydrogens is 456 g/mol. The number of amides is 1. The Morgan fingerprint density at radius 1 is 1.03 bits per heavy atom. The van der Waals surface area contributed by atoms with E-state index in [-0.39, 0.29) is 17.8 Å². The quantitative estimate of drug-likeness (QED) is 0.296. The SMILES string of the molecule is C/C(=N/NC(=O)c1ccc(N(Cc2ccccc2C)S(C)(=O)=O)cc1)c1cccc([N+](=O)[O-])c1. The molecule has 0 aliphatic carbocycles. The van der Waals surface area contributed by atoms with E-state index in [9.17, 15) is 23.3 Å². The zero-order valence-corrected chi connectivity index (χ0v) is 19.7. The van der Waals surface area contributed by atoms with Gasteiger partial charge in [0.25, 0.3) is 11.6 Å². The third-order valence-corrected chi connectivity index (χ3v) is 6.33. The third-order valence-electron chi connectivity index (χ3n) is 5.19. The van der Waals surface area contributed by atoms with Crippen molar-refractivity contribution in [2.75, 3.05) is 10.6 Å². The number of carbonyl (C=O) groups excluding carboxylic acids is 1. The average molecular weight is 481 g/mol. The summed E-state index contributed by atoms with van der Waals surface area (Å²) < 4.78 is 26.1. The highest BCUT2D eigenvalue weighted by Crippen LogP contribution is 2.22. The predicted octanol–water partition coefficient (Wildman–Crippen LogP) is 4.02. The maximum atomic E-state index is 12.5. The number of nitrogens with zero attached hydrogens (tertiary/aromatic N) is 3. The second kappa shape index (κ2) is 10.3. The lowest BCUT2D eigenvalue weighted by atomic mass is 10.1. The molecule has 0 radical (unpaired) electrons. The van der Waals surface area contributed by atoms with Gasteiger partial charge in [0.05, 0.1) is 29.1 Å². The van der Waals surface area contributed by atoms with Crippen LogP contribution in [0.15, 0.2) is 77.9 Å². The largest absolute Gasteiger partial charge is 0.271 e.